The third-order valence-corrected chi connectivity index (χ3v) is 5.68. The van der Waals surface area contributed by atoms with Gasteiger partial charge in [0.1, 0.15) is 5.75 Å². The molecule has 0 aliphatic heterocycles. The third-order valence-electron chi connectivity index (χ3n) is 4.20. The molecule has 0 radical (unpaired) electrons. The molecule has 0 saturated carbocycles. The van der Waals surface area contributed by atoms with Gasteiger partial charge in [0.25, 0.3) is 5.89 Å². The Morgan fingerprint density at radius 3 is 2.48 bits per heavy atom. The molecule has 31 heavy (non-hydrogen) atoms. The summed E-state index contributed by atoms with van der Waals surface area (Å²) >= 11 is 0. The van der Waals surface area contributed by atoms with Crippen molar-refractivity contribution in [3.63, 3.8) is 0 Å². The van der Waals surface area contributed by atoms with E-state index in [2.05, 4.69) is 14.9 Å². The van der Waals surface area contributed by atoms with Crippen LogP contribution in [0.5, 0.6) is 5.75 Å². The van der Waals surface area contributed by atoms with Crippen LogP contribution in [0.1, 0.15) is 24.8 Å². The Hall–Kier alpha value is -3.24. The Labute approximate surface area is 180 Å². The van der Waals surface area contributed by atoms with Crippen molar-refractivity contribution in [1.29, 1.82) is 0 Å². The largest absolute Gasteiger partial charge is 0.494 e. The molecule has 0 fully saturated rings. The predicted molar refractivity (Wildman–Crippen MR) is 112 cm³/mol. The summed E-state index contributed by atoms with van der Waals surface area (Å²) in [6.45, 7) is 4.01. The zero-order valence-electron chi connectivity index (χ0n) is 17.2. The summed E-state index contributed by atoms with van der Waals surface area (Å²) in [4.78, 5) is 16.2. The number of hydrogen-bond donors (Lipinski definition) is 1. The standard InChI is InChI=1S/C21H23N3O6S/c1-3-28-17-8-10-18(11-9-17)31(26,27)22-13-12-20(25)29-14-19-23-21(24-30-19)16-6-4-15(2)5-7-16/h4-11,22H,3,12-14H2,1-2H3. The van der Waals surface area contributed by atoms with E-state index in [1.54, 1.807) is 12.1 Å². The smallest absolute Gasteiger partial charge is 0.307 e. The summed E-state index contributed by atoms with van der Waals surface area (Å²) in [5.74, 6) is 0.536. The molecular formula is C21H23N3O6S. The fraction of sp³-hybridized carbons (Fsp3) is 0.286. The van der Waals surface area contributed by atoms with Crippen molar-refractivity contribution in [2.75, 3.05) is 13.2 Å². The second kappa shape index (κ2) is 10.2. The number of hydrogen-bond acceptors (Lipinski definition) is 8. The molecule has 0 bridgehead atoms. The van der Waals surface area contributed by atoms with Crippen molar-refractivity contribution in [3.8, 4) is 17.1 Å². The first-order valence-corrected chi connectivity index (χ1v) is 11.1. The first-order chi connectivity index (χ1) is 14.9. The van der Waals surface area contributed by atoms with Crippen molar-refractivity contribution in [2.45, 2.75) is 31.8 Å². The zero-order valence-corrected chi connectivity index (χ0v) is 18.0. The number of carbonyl (C=O) groups excluding carboxylic acids is 1. The van der Waals surface area contributed by atoms with Gasteiger partial charge in [0.2, 0.25) is 15.8 Å². The zero-order chi connectivity index (χ0) is 22.3. The minimum Gasteiger partial charge on any atom is -0.494 e. The van der Waals surface area contributed by atoms with Crippen LogP contribution in [0.4, 0.5) is 0 Å². The summed E-state index contributed by atoms with van der Waals surface area (Å²) in [5.41, 5.74) is 1.90. The van der Waals surface area contributed by atoms with Gasteiger partial charge in [0.05, 0.1) is 17.9 Å². The van der Waals surface area contributed by atoms with Gasteiger partial charge in [0.15, 0.2) is 6.61 Å². The summed E-state index contributed by atoms with van der Waals surface area (Å²) in [5, 5.41) is 3.86. The van der Waals surface area contributed by atoms with Gasteiger partial charge in [-0.25, -0.2) is 13.1 Å². The average molecular weight is 445 g/mol. The van der Waals surface area contributed by atoms with E-state index in [1.165, 1.54) is 12.1 Å². The van der Waals surface area contributed by atoms with Gasteiger partial charge >= 0.3 is 5.97 Å². The maximum Gasteiger partial charge on any atom is 0.307 e. The van der Waals surface area contributed by atoms with Crippen LogP contribution in [-0.2, 0) is 26.2 Å². The number of nitrogens with one attached hydrogen (secondary N) is 1. The Balaban J connectivity index is 1.44. The average Bonchev–Trinajstić information content (AvgIpc) is 3.22. The van der Waals surface area contributed by atoms with Crippen LogP contribution < -0.4 is 9.46 Å². The van der Waals surface area contributed by atoms with Gasteiger partial charge < -0.3 is 14.0 Å². The maximum absolute atomic E-state index is 12.3. The molecule has 1 heterocycles. The number of aryl methyl sites for hydroxylation is 1. The van der Waals surface area contributed by atoms with Crippen LogP contribution >= 0.6 is 0 Å². The SMILES string of the molecule is CCOc1ccc(S(=O)(=O)NCCC(=O)OCc2nc(-c3ccc(C)cc3)no2)cc1. The van der Waals surface area contributed by atoms with Crippen molar-refractivity contribution in [1.82, 2.24) is 14.9 Å². The van der Waals surface area contributed by atoms with Crippen molar-refractivity contribution in [2.24, 2.45) is 0 Å². The fourth-order valence-corrected chi connectivity index (χ4v) is 3.63. The first-order valence-electron chi connectivity index (χ1n) is 9.65. The fourth-order valence-electron chi connectivity index (χ4n) is 2.60. The molecular weight excluding hydrogens is 422 g/mol. The molecule has 0 atom stereocenters. The number of rotatable bonds is 10. The van der Waals surface area contributed by atoms with Crippen molar-refractivity contribution in [3.05, 3.63) is 60.0 Å². The van der Waals surface area contributed by atoms with Crippen LogP contribution in [0.2, 0.25) is 0 Å². The van der Waals surface area contributed by atoms with Gasteiger partial charge in [0, 0.05) is 12.1 Å². The Kier molecular flexibility index (Phi) is 7.37. The predicted octanol–water partition coefficient (Wildman–Crippen LogP) is 2.86. The second-order valence-electron chi connectivity index (χ2n) is 6.59. The number of carbonyl (C=O) groups is 1. The molecule has 164 valence electrons. The van der Waals surface area contributed by atoms with Crippen LogP contribution in [0, 0.1) is 6.92 Å². The molecule has 0 saturated heterocycles. The van der Waals surface area contributed by atoms with Crippen molar-refractivity contribution < 1.29 is 27.2 Å². The van der Waals surface area contributed by atoms with E-state index in [4.69, 9.17) is 14.0 Å². The highest BCUT2D eigenvalue weighted by Crippen LogP contribution is 2.17. The molecule has 0 spiro atoms. The summed E-state index contributed by atoms with van der Waals surface area (Å²) in [6, 6.07) is 13.6. The molecule has 9 nitrogen and oxygen atoms in total. The lowest BCUT2D eigenvalue weighted by atomic mass is 10.1. The van der Waals surface area contributed by atoms with E-state index < -0.39 is 16.0 Å². The van der Waals surface area contributed by atoms with Crippen LogP contribution in [0.25, 0.3) is 11.4 Å². The Morgan fingerprint density at radius 2 is 1.81 bits per heavy atom. The van der Waals surface area contributed by atoms with Gasteiger partial charge in [-0.2, -0.15) is 4.98 Å². The highest BCUT2D eigenvalue weighted by atomic mass is 32.2. The van der Waals surface area contributed by atoms with Gasteiger partial charge in [-0.05, 0) is 38.1 Å². The van der Waals surface area contributed by atoms with E-state index in [0.717, 1.165) is 11.1 Å². The maximum atomic E-state index is 12.3. The van der Waals surface area contributed by atoms with Crippen molar-refractivity contribution >= 4 is 16.0 Å². The number of esters is 1. The monoisotopic (exact) mass is 445 g/mol. The Morgan fingerprint density at radius 1 is 1.10 bits per heavy atom. The lowest BCUT2D eigenvalue weighted by Crippen LogP contribution is -2.26. The molecule has 3 aromatic rings. The topological polar surface area (TPSA) is 121 Å². The molecule has 1 N–H and O–H groups in total. The molecule has 0 aliphatic carbocycles. The summed E-state index contributed by atoms with van der Waals surface area (Å²) in [6.07, 6.45) is -0.144. The van der Waals surface area contributed by atoms with E-state index in [-0.39, 0.29) is 30.4 Å². The number of ether oxygens (including phenoxy) is 2. The quantitative estimate of drug-likeness (QED) is 0.473. The summed E-state index contributed by atoms with van der Waals surface area (Å²) < 4.78 is 42.4. The number of aromatic nitrogens is 2. The van der Waals surface area contributed by atoms with E-state index in [1.807, 2.05) is 38.1 Å². The van der Waals surface area contributed by atoms with Crippen LogP contribution in [0.15, 0.2) is 57.9 Å². The molecule has 0 amide bonds. The molecule has 3 rings (SSSR count). The second-order valence-corrected chi connectivity index (χ2v) is 8.36. The van der Waals surface area contributed by atoms with Gasteiger partial charge in [-0.15, -0.1) is 0 Å². The van der Waals surface area contributed by atoms with Crippen LogP contribution in [-0.4, -0.2) is 37.7 Å². The molecule has 1 aromatic heterocycles. The summed E-state index contributed by atoms with van der Waals surface area (Å²) in [7, 11) is -3.74. The third kappa shape index (κ3) is 6.37. The van der Waals surface area contributed by atoms with E-state index in [9.17, 15) is 13.2 Å². The lowest BCUT2D eigenvalue weighted by molar-refractivity contribution is -0.145. The minimum atomic E-state index is -3.74. The highest BCUT2D eigenvalue weighted by molar-refractivity contribution is 7.89. The minimum absolute atomic E-state index is 0.0822. The number of benzene rings is 2. The lowest BCUT2D eigenvalue weighted by Gasteiger charge is -2.08. The van der Waals surface area contributed by atoms with E-state index in [0.29, 0.717) is 18.2 Å². The molecule has 0 unspecified atom stereocenters. The van der Waals surface area contributed by atoms with Gasteiger partial charge in [-0.3, -0.25) is 4.79 Å². The Bertz CT molecular complexity index is 1110. The van der Waals surface area contributed by atoms with Gasteiger partial charge in [-0.1, -0.05) is 35.0 Å². The number of nitrogens with zero attached hydrogens (tertiary/aromatic N) is 2. The van der Waals surface area contributed by atoms with E-state index >= 15 is 0 Å². The molecule has 10 heteroatoms. The molecule has 2 aromatic carbocycles. The van der Waals surface area contributed by atoms with Crippen LogP contribution in [0.3, 0.4) is 0 Å². The number of sulfonamides is 1. The first kappa shape index (κ1) is 22.4. The highest BCUT2D eigenvalue weighted by Gasteiger charge is 2.15. The normalized spacial score (nSPS) is 11.3. The molecule has 0 aliphatic rings.